The van der Waals surface area contributed by atoms with E-state index in [-0.39, 0.29) is 17.9 Å². The summed E-state index contributed by atoms with van der Waals surface area (Å²) in [7, 11) is 0. The quantitative estimate of drug-likeness (QED) is 0.847. The smallest absolute Gasteiger partial charge is 0.225 e. The molecule has 3 atom stereocenters. The van der Waals surface area contributed by atoms with E-state index in [0.29, 0.717) is 19.4 Å². The van der Waals surface area contributed by atoms with E-state index in [1.165, 1.54) is 4.70 Å². The minimum Gasteiger partial charge on any atom is -0.391 e. The number of carbonyl (C=O) groups excluding carboxylic acids is 1. The lowest BCUT2D eigenvalue weighted by atomic mass is 10.1. The summed E-state index contributed by atoms with van der Waals surface area (Å²) in [5, 5.41) is 10.9. The van der Waals surface area contributed by atoms with Crippen LogP contribution in [0.5, 0.6) is 0 Å². The molecule has 1 aromatic heterocycles. The van der Waals surface area contributed by atoms with Gasteiger partial charge in [-0.3, -0.25) is 4.79 Å². The van der Waals surface area contributed by atoms with Crippen LogP contribution in [0.15, 0.2) is 24.3 Å². The van der Waals surface area contributed by atoms with Gasteiger partial charge in [0.1, 0.15) is 0 Å². The van der Waals surface area contributed by atoms with Crippen LogP contribution in [0.25, 0.3) is 10.2 Å². The highest BCUT2D eigenvalue weighted by Crippen LogP contribution is 2.30. The zero-order chi connectivity index (χ0) is 17.4. The molecule has 0 unspecified atom stereocenters. The Morgan fingerprint density at radius 1 is 1.20 bits per heavy atom. The first-order valence-electron chi connectivity index (χ1n) is 8.95. The van der Waals surface area contributed by atoms with Crippen molar-refractivity contribution in [3.05, 3.63) is 24.3 Å². The van der Waals surface area contributed by atoms with E-state index in [4.69, 9.17) is 10.7 Å². The summed E-state index contributed by atoms with van der Waals surface area (Å²) in [6.07, 6.45) is 1.49. The SMILES string of the molecule is N[C@H]1C[C@H](C(=O)N2CCCN(c3nc4ccccc4s3)CC2)C[C@@H]1O. The average molecular weight is 360 g/mol. The number of carbonyl (C=O) groups is 1. The van der Waals surface area contributed by atoms with Crippen molar-refractivity contribution in [2.24, 2.45) is 11.7 Å². The first kappa shape index (κ1) is 16.8. The number of para-hydroxylation sites is 1. The minimum absolute atomic E-state index is 0.126. The standard InChI is InChI=1S/C18H24N4O2S/c19-13-10-12(11-15(13)23)17(24)21-6-3-7-22(9-8-21)18-20-14-4-1-2-5-16(14)25-18/h1-2,4-5,12-13,15,23H,3,6-11,19H2/t12-,13-,15-/m0/s1. The van der Waals surface area contributed by atoms with E-state index in [1.54, 1.807) is 11.3 Å². The summed E-state index contributed by atoms with van der Waals surface area (Å²) < 4.78 is 1.20. The van der Waals surface area contributed by atoms with Crippen LogP contribution >= 0.6 is 11.3 Å². The van der Waals surface area contributed by atoms with E-state index in [0.717, 1.165) is 36.7 Å². The largest absolute Gasteiger partial charge is 0.391 e. The van der Waals surface area contributed by atoms with Crippen LogP contribution in [-0.2, 0) is 4.79 Å². The Morgan fingerprint density at radius 3 is 2.80 bits per heavy atom. The molecule has 134 valence electrons. The van der Waals surface area contributed by atoms with Crippen LogP contribution in [0.4, 0.5) is 5.13 Å². The van der Waals surface area contributed by atoms with Crippen molar-refractivity contribution in [3.8, 4) is 0 Å². The lowest BCUT2D eigenvalue weighted by Crippen LogP contribution is -2.38. The molecule has 2 aromatic rings. The van der Waals surface area contributed by atoms with Crippen molar-refractivity contribution in [1.82, 2.24) is 9.88 Å². The number of benzene rings is 1. The first-order chi connectivity index (χ1) is 12.1. The van der Waals surface area contributed by atoms with Gasteiger partial charge in [-0.1, -0.05) is 23.5 Å². The number of amides is 1. The molecule has 2 fully saturated rings. The van der Waals surface area contributed by atoms with Crippen molar-refractivity contribution in [2.45, 2.75) is 31.4 Å². The molecule has 2 aliphatic rings. The molecule has 4 rings (SSSR count). The molecule has 1 saturated carbocycles. The average Bonchev–Trinajstić information content (AvgIpc) is 3.09. The van der Waals surface area contributed by atoms with Gasteiger partial charge in [0.15, 0.2) is 5.13 Å². The fourth-order valence-corrected chi connectivity index (χ4v) is 4.85. The van der Waals surface area contributed by atoms with Gasteiger partial charge in [0.25, 0.3) is 0 Å². The molecule has 1 amide bonds. The van der Waals surface area contributed by atoms with Crippen molar-refractivity contribution in [3.63, 3.8) is 0 Å². The number of nitrogens with zero attached hydrogens (tertiary/aromatic N) is 3. The predicted octanol–water partition coefficient (Wildman–Crippen LogP) is 1.43. The molecule has 7 heteroatoms. The highest BCUT2D eigenvalue weighted by atomic mass is 32.1. The van der Waals surface area contributed by atoms with Gasteiger partial charge in [0.2, 0.25) is 5.91 Å². The third-order valence-electron chi connectivity index (χ3n) is 5.29. The topological polar surface area (TPSA) is 82.7 Å². The number of rotatable bonds is 2. The predicted molar refractivity (Wildman–Crippen MR) is 99.7 cm³/mol. The maximum Gasteiger partial charge on any atom is 0.225 e. The van der Waals surface area contributed by atoms with Crippen LogP contribution in [0.1, 0.15) is 19.3 Å². The Morgan fingerprint density at radius 2 is 2.04 bits per heavy atom. The fraction of sp³-hybridized carbons (Fsp3) is 0.556. The zero-order valence-corrected chi connectivity index (χ0v) is 15.0. The Bertz CT molecular complexity index is 721. The Balaban J connectivity index is 1.42. The van der Waals surface area contributed by atoms with Gasteiger partial charge in [-0.25, -0.2) is 4.98 Å². The lowest BCUT2D eigenvalue weighted by molar-refractivity contribution is -0.135. The van der Waals surface area contributed by atoms with Crippen LogP contribution in [-0.4, -0.2) is 59.2 Å². The molecular formula is C18H24N4O2S. The van der Waals surface area contributed by atoms with E-state index in [2.05, 4.69) is 11.0 Å². The van der Waals surface area contributed by atoms with Gasteiger partial charge in [-0.15, -0.1) is 0 Å². The molecule has 1 aromatic carbocycles. The molecule has 0 radical (unpaired) electrons. The fourth-order valence-electron chi connectivity index (χ4n) is 3.83. The van der Waals surface area contributed by atoms with Crippen LogP contribution < -0.4 is 10.6 Å². The van der Waals surface area contributed by atoms with Crippen molar-refractivity contribution in [2.75, 3.05) is 31.1 Å². The van der Waals surface area contributed by atoms with Crippen molar-refractivity contribution in [1.29, 1.82) is 0 Å². The van der Waals surface area contributed by atoms with Gasteiger partial charge in [-0.2, -0.15) is 0 Å². The summed E-state index contributed by atoms with van der Waals surface area (Å²) in [6.45, 7) is 3.18. The molecule has 3 N–H and O–H groups in total. The highest BCUT2D eigenvalue weighted by molar-refractivity contribution is 7.22. The summed E-state index contributed by atoms with van der Waals surface area (Å²) in [5.41, 5.74) is 6.90. The van der Waals surface area contributed by atoms with Crippen molar-refractivity contribution >= 4 is 32.6 Å². The second-order valence-electron chi connectivity index (χ2n) is 7.03. The number of aliphatic hydroxyl groups excluding tert-OH is 1. The number of hydrogen-bond donors (Lipinski definition) is 2. The van der Waals surface area contributed by atoms with E-state index >= 15 is 0 Å². The maximum absolute atomic E-state index is 12.8. The van der Waals surface area contributed by atoms with E-state index in [1.807, 2.05) is 23.1 Å². The lowest BCUT2D eigenvalue weighted by Gasteiger charge is -2.24. The van der Waals surface area contributed by atoms with Gasteiger partial charge in [0.05, 0.1) is 16.3 Å². The number of aliphatic hydroxyl groups is 1. The van der Waals surface area contributed by atoms with Gasteiger partial charge < -0.3 is 20.6 Å². The van der Waals surface area contributed by atoms with Crippen LogP contribution in [0, 0.1) is 5.92 Å². The van der Waals surface area contributed by atoms with E-state index in [9.17, 15) is 9.90 Å². The normalized spacial score (nSPS) is 27.7. The minimum atomic E-state index is -0.542. The zero-order valence-electron chi connectivity index (χ0n) is 14.2. The molecule has 0 bridgehead atoms. The highest BCUT2D eigenvalue weighted by Gasteiger charge is 2.37. The third kappa shape index (κ3) is 3.36. The monoisotopic (exact) mass is 360 g/mol. The molecule has 25 heavy (non-hydrogen) atoms. The number of aromatic nitrogens is 1. The molecule has 0 spiro atoms. The third-order valence-corrected chi connectivity index (χ3v) is 6.38. The Kier molecular flexibility index (Phi) is 4.62. The van der Waals surface area contributed by atoms with E-state index < -0.39 is 6.10 Å². The number of thiazole rings is 1. The number of fused-ring (bicyclic) bond motifs is 1. The summed E-state index contributed by atoms with van der Waals surface area (Å²) in [6, 6.07) is 7.92. The Hall–Kier alpha value is -1.70. The van der Waals surface area contributed by atoms with Crippen LogP contribution in [0.2, 0.25) is 0 Å². The summed E-state index contributed by atoms with van der Waals surface area (Å²) >= 11 is 1.71. The number of hydrogen-bond acceptors (Lipinski definition) is 6. The second kappa shape index (κ2) is 6.90. The van der Waals surface area contributed by atoms with Crippen molar-refractivity contribution < 1.29 is 9.90 Å². The van der Waals surface area contributed by atoms with Gasteiger partial charge in [0, 0.05) is 38.1 Å². The summed E-state index contributed by atoms with van der Waals surface area (Å²) in [5.74, 6) is 0.0251. The first-order valence-corrected chi connectivity index (χ1v) is 9.76. The number of nitrogens with two attached hydrogens (primary N) is 1. The van der Waals surface area contributed by atoms with Crippen LogP contribution in [0.3, 0.4) is 0 Å². The second-order valence-corrected chi connectivity index (χ2v) is 8.04. The molecule has 2 heterocycles. The number of anilines is 1. The van der Waals surface area contributed by atoms with Gasteiger partial charge >= 0.3 is 0 Å². The molecule has 6 nitrogen and oxygen atoms in total. The molecule has 1 saturated heterocycles. The Labute approximate surface area is 151 Å². The summed E-state index contributed by atoms with van der Waals surface area (Å²) in [4.78, 5) is 21.7. The van der Waals surface area contributed by atoms with Gasteiger partial charge in [-0.05, 0) is 31.4 Å². The molecular weight excluding hydrogens is 336 g/mol. The molecule has 1 aliphatic heterocycles. The maximum atomic E-state index is 12.8. The molecule has 1 aliphatic carbocycles.